The molecule has 0 atom stereocenters. The van der Waals surface area contributed by atoms with Crippen molar-refractivity contribution >= 4 is 23.8 Å². The quantitative estimate of drug-likeness (QED) is 0.806. The van der Waals surface area contributed by atoms with Crippen molar-refractivity contribution in [2.45, 2.75) is 44.9 Å². The summed E-state index contributed by atoms with van der Waals surface area (Å²) in [6.07, 6.45) is 1.98. The minimum absolute atomic E-state index is 0.0670. The van der Waals surface area contributed by atoms with Gasteiger partial charge in [0.2, 0.25) is 0 Å². The van der Waals surface area contributed by atoms with Crippen LogP contribution in [0.15, 0.2) is 0 Å². The van der Waals surface area contributed by atoms with Crippen molar-refractivity contribution in [1.82, 2.24) is 10.2 Å². The van der Waals surface area contributed by atoms with Crippen LogP contribution in [0.4, 0.5) is 4.79 Å². The summed E-state index contributed by atoms with van der Waals surface area (Å²) < 4.78 is -0.0670. The van der Waals surface area contributed by atoms with Crippen molar-refractivity contribution in [2.24, 2.45) is 0 Å². The van der Waals surface area contributed by atoms with E-state index >= 15 is 0 Å². The van der Waals surface area contributed by atoms with Gasteiger partial charge >= 0.3 is 12.0 Å². The van der Waals surface area contributed by atoms with Gasteiger partial charge < -0.3 is 15.3 Å². The number of urea groups is 1. The molecule has 0 saturated carbocycles. The summed E-state index contributed by atoms with van der Waals surface area (Å²) in [5.74, 6) is -1.01. The number of carbonyl (C=O) groups excluding carboxylic acids is 1. The molecule has 2 N–H and O–H groups in total. The van der Waals surface area contributed by atoms with E-state index in [1.54, 1.807) is 11.8 Å². The van der Waals surface area contributed by atoms with Crippen molar-refractivity contribution in [3.8, 4) is 0 Å². The molecule has 106 valence electrons. The predicted octanol–water partition coefficient (Wildman–Crippen LogP) is 2.02. The van der Waals surface area contributed by atoms with E-state index in [2.05, 4.69) is 5.32 Å². The highest BCUT2D eigenvalue weighted by Gasteiger charge is 2.29. The average Bonchev–Trinajstić information content (AvgIpc) is 2.21. The second kappa shape index (κ2) is 6.31. The highest BCUT2D eigenvalue weighted by atomic mass is 32.2. The number of carboxylic acids is 1. The summed E-state index contributed by atoms with van der Waals surface area (Å²) >= 11 is 1.65. The Bertz CT molecular complexity index is 311. The third kappa shape index (κ3) is 6.14. The lowest BCUT2D eigenvalue weighted by molar-refractivity contribution is -0.138. The number of amides is 2. The lowest BCUT2D eigenvalue weighted by Gasteiger charge is -2.35. The zero-order valence-corrected chi connectivity index (χ0v) is 12.8. The van der Waals surface area contributed by atoms with Crippen LogP contribution in [-0.2, 0) is 4.79 Å². The molecule has 0 bridgehead atoms. The third-order valence-electron chi connectivity index (χ3n) is 2.57. The van der Waals surface area contributed by atoms with Gasteiger partial charge in [0, 0.05) is 16.8 Å². The molecule has 0 saturated heterocycles. The van der Waals surface area contributed by atoms with Crippen LogP contribution in [0.1, 0.15) is 34.6 Å². The summed E-state index contributed by atoms with van der Waals surface area (Å²) in [7, 11) is 0. The number of carboxylic acid groups (broad SMARTS) is 1. The second-order valence-electron chi connectivity index (χ2n) is 5.77. The molecule has 0 aromatic rings. The number of aliphatic carboxylic acids is 1. The monoisotopic (exact) mass is 276 g/mol. The van der Waals surface area contributed by atoms with E-state index < -0.39 is 11.5 Å². The Balaban J connectivity index is 4.64. The Morgan fingerprint density at radius 2 is 1.72 bits per heavy atom. The Morgan fingerprint density at radius 3 is 2.06 bits per heavy atom. The molecular formula is C12H24N2O3S. The predicted molar refractivity (Wildman–Crippen MR) is 75.1 cm³/mol. The maximum Gasteiger partial charge on any atom is 0.323 e. The summed E-state index contributed by atoms with van der Waals surface area (Å²) in [5.41, 5.74) is -0.522. The maximum absolute atomic E-state index is 12.0. The van der Waals surface area contributed by atoms with Crippen LogP contribution in [0.2, 0.25) is 0 Å². The van der Waals surface area contributed by atoms with E-state index in [0.717, 1.165) is 0 Å². The number of hydrogen-bond acceptors (Lipinski definition) is 3. The Kier molecular flexibility index (Phi) is 5.99. The molecule has 0 aliphatic carbocycles. The second-order valence-corrected chi connectivity index (χ2v) is 7.29. The first-order chi connectivity index (χ1) is 7.99. The van der Waals surface area contributed by atoms with Gasteiger partial charge in [-0.1, -0.05) is 0 Å². The maximum atomic E-state index is 12.0. The van der Waals surface area contributed by atoms with Crippen molar-refractivity contribution in [3.05, 3.63) is 0 Å². The first kappa shape index (κ1) is 17.1. The van der Waals surface area contributed by atoms with Crippen LogP contribution >= 0.6 is 11.8 Å². The number of rotatable bonds is 5. The molecule has 0 spiro atoms. The third-order valence-corrected chi connectivity index (χ3v) is 3.82. The van der Waals surface area contributed by atoms with E-state index in [9.17, 15) is 9.59 Å². The highest BCUT2D eigenvalue weighted by Crippen LogP contribution is 2.20. The lowest BCUT2D eigenvalue weighted by Crippen LogP contribution is -2.54. The van der Waals surface area contributed by atoms with E-state index in [1.165, 1.54) is 4.90 Å². The van der Waals surface area contributed by atoms with E-state index in [1.807, 2.05) is 40.9 Å². The van der Waals surface area contributed by atoms with Gasteiger partial charge in [-0.15, -0.1) is 0 Å². The molecule has 6 heteroatoms. The van der Waals surface area contributed by atoms with Crippen molar-refractivity contribution in [2.75, 3.05) is 19.3 Å². The molecule has 0 unspecified atom stereocenters. The van der Waals surface area contributed by atoms with Crippen LogP contribution in [0, 0.1) is 0 Å². The molecule has 5 nitrogen and oxygen atoms in total. The summed E-state index contributed by atoms with van der Waals surface area (Å²) in [6, 6.07) is -0.341. The van der Waals surface area contributed by atoms with Gasteiger partial charge in [0.05, 0.1) is 0 Å². The first-order valence-electron chi connectivity index (χ1n) is 5.82. The SMILES string of the molecule is CSC(C)(C)CNC(=O)N(CC(=O)O)C(C)(C)C. The number of thioether (sulfide) groups is 1. The van der Waals surface area contributed by atoms with E-state index in [4.69, 9.17) is 5.11 Å². The van der Waals surface area contributed by atoms with E-state index in [0.29, 0.717) is 6.54 Å². The fraction of sp³-hybridized carbons (Fsp3) is 0.833. The minimum atomic E-state index is -1.01. The molecule has 18 heavy (non-hydrogen) atoms. The average molecular weight is 276 g/mol. The van der Waals surface area contributed by atoms with Crippen molar-refractivity contribution in [3.63, 3.8) is 0 Å². The van der Waals surface area contributed by atoms with Gasteiger partial charge in [-0.25, -0.2) is 4.79 Å². The smallest absolute Gasteiger partial charge is 0.323 e. The van der Waals surface area contributed by atoms with Gasteiger partial charge in [-0.3, -0.25) is 4.79 Å². The number of hydrogen-bond donors (Lipinski definition) is 2. The number of carbonyl (C=O) groups is 2. The normalized spacial score (nSPS) is 12.1. The summed E-state index contributed by atoms with van der Waals surface area (Å²) in [4.78, 5) is 24.1. The summed E-state index contributed by atoms with van der Waals surface area (Å²) in [6.45, 7) is 9.70. The molecule has 0 heterocycles. The fourth-order valence-electron chi connectivity index (χ4n) is 1.20. The van der Waals surface area contributed by atoms with E-state index in [-0.39, 0.29) is 17.3 Å². The molecule has 0 aliphatic rings. The van der Waals surface area contributed by atoms with Gasteiger partial charge in [0.25, 0.3) is 0 Å². The standard InChI is InChI=1S/C12H24N2O3S/c1-11(2,3)14(7-9(15)16)10(17)13-8-12(4,5)18-6/h7-8H2,1-6H3,(H,13,17)(H,15,16). The number of nitrogens with one attached hydrogen (secondary N) is 1. The molecule has 0 aromatic heterocycles. The van der Waals surface area contributed by atoms with Crippen LogP contribution in [0.5, 0.6) is 0 Å². The highest BCUT2D eigenvalue weighted by molar-refractivity contribution is 7.99. The van der Waals surface area contributed by atoms with Crippen LogP contribution in [0.25, 0.3) is 0 Å². The lowest BCUT2D eigenvalue weighted by atomic mass is 10.1. The van der Waals surface area contributed by atoms with Crippen LogP contribution < -0.4 is 5.32 Å². The Labute approximate surface area is 113 Å². The van der Waals surface area contributed by atoms with Gasteiger partial charge in [-0.05, 0) is 40.9 Å². The zero-order chi connectivity index (χ0) is 14.6. The van der Waals surface area contributed by atoms with Crippen LogP contribution in [-0.4, -0.2) is 51.6 Å². The zero-order valence-electron chi connectivity index (χ0n) is 12.0. The van der Waals surface area contributed by atoms with Crippen LogP contribution in [0.3, 0.4) is 0 Å². The Morgan fingerprint density at radius 1 is 1.22 bits per heavy atom. The van der Waals surface area contributed by atoms with Crippen molar-refractivity contribution < 1.29 is 14.7 Å². The minimum Gasteiger partial charge on any atom is -0.480 e. The molecule has 0 aliphatic heterocycles. The molecule has 2 amide bonds. The fourth-order valence-corrected chi connectivity index (χ4v) is 1.42. The summed E-state index contributed by atoms with van der Waals surface area (Å²) in [5, 5.41) is 11.6. The largest absolute Gasteiger partial charge is 0.480 e. The van der Waals surface area contributed by atoms with Gasteiger partial charge in [-0.2, -0.15) is 11.8 Å². The molecule has 0 aromatic carbocycles. The molecule has 0 rings (SSSR count). The molecule has 0 fully saturated rings. The van der Waals surface area contributed by atoms with Crippen molar-refractivity contribution in [1.29, 1.82) is 0 Å². The first-order valence-corrected chi connectivity index (χ1v) is 7.04. The topological polar surface area (TPSA) is 69.6 Å². The number of nitrogens with zero attached hydrogens (tertiary/aromatic N) is 1. The molecular weight excluding hydrogens is 252 g/mol. The van der Waals surface area contributed by atoms with Gasteiger partial charge in [0.15, 0.2) is 0 Å². The van der Waals surface area contributed by atoms with Gasteiger partial charge in [0.1, 0.15) is 6.54 Å². The molecule has 0 radical (unpaired) electrons. The Hall–Kier alpha value is -0.910.